The summed E-state index contributed by atoms with van der Waals surface area (Å²) >= 11 is 0. The van der Waals surface area contributed by atoms with Gasteiger partial charge in [-0.2, -0.15) is 0 Å². The molecule has 1 heteroatoms. The van der Waals surface area contributed by atoms with Gasteiger partial charge in [0.25, 0.3) is 0 Å². The molecule has 0 fully saturated rings. The zero-order valence-corrected chi connectivity index (χ0v) is 14.8. The molecule has 0 unspecified atom stereocenters. The van der Waals surface area contributed by atoms with Crippen molar-refractivity contribution in [2.75, 3.05) is 0 Å². The monoisotopic (exact) mass is 316 g/mol. The summed E-state index contributed by atoms with van der Waals surface area (Å²) in [6.45, 7) is 6.71. The van der Waals surface area contributed by atoms with Gasteiger partial charge in [-0.05, 0) is 83.3 Å². The van der Waals surface area contributed by atoms with E-state index < -0.39 is 0 Å². The largest absolute Gasteiger partial charge is 0.508 e. The maximum atomic E-state index is 10.9. The van der Waals surface area contributed by atoms with Gasteiger partial charge in [0.2, 0.25) is 0 Å². The number of hydrogen-bond acceptors (Lipinski definition) is 1. The van der Waals surface area contributed by atoms with Crippen LogP contribution in [0, 0.1) is 6.92 Å². The average Bonchev–Trinajstić information content (AvgIpc) is 2.90. The highest BCUT2D eigenvalue weighted by atomic mass is 16.3. The Morgan fingerprint density at radius 3 is 2.67 bits per heavy atom. The van der Waals surface area contributed by atoms with Gasteiger partial charge in [-0.25, -0.2) is 0 Å². The Morgan fingerprint density at radius 2 is 1.92 bits per heavy atom. The van der Waals surface area contributed by atoms with Gasteiger partial charge in [-0.3, -0.25) is 0 Å². The zero-order valence-electron chi connectivity index (χ0n) is 14.8. The third kappa shape index (κ3) is 1.43. The SMILES string of the molecule is CCC1(CC)c2ccc3c4c2-c2c(c(C)cc(O)c21)CC=4CCC=3. The minimum absolute atomic E-state index is 0.0286. The van der Waals surface area contributed by atoms with E-state index in [1.54, 1.807) is 5.57 Å². The van der Waals surface area contributed by atoms with E-state index in [-0.39, 0.29) is 5.41 Å². The molecule has 0 aliphatic heterocycles. The van der Waals surface area contributed by atoms with Crippen LogP contribution in [0.4, 0.5) is 0 Å². The maximum Gasteiger partial charge on any atom is 0.120 e. The number of aromatic hydroxyl groups is 1. The molecule has 24 heavy (non-hydrogen) atoms. The van der Waals surface area contributed by atoms with Crippen LogP contribution < -0.4 is 10.4 Å². The summed E-state index contributed by atoms with van der Waals surface area (Å²) in [5.41, 5.74) is 9.79. The number of benzene rings is 2. The number of aryl methyl sites for hydroxylation is 1. The van der Waals surface area contributed by atoms with Gasteiger partial charge >= 0.3 is 0 Å². The Bertz CT molecular complexity index is 1020. The van der Waals surface area contributed by atoms with E-state index in [1.807, 2.05) is 6.07 Å². The van der Waals surface area contributed by atoms with Crippen molar-refractivity contribution in [1.29, 1.82) is 0 Å². The lowest BCUT2D eigenvalue weighted by Gasteiger charge is -2.30. The summed E-state index contributed by atoms with van der Waals surface area (Å²) in [6.07, 6.45) is 7.89. The number of phenols is 1. The second-order valence-electron chi connectivity index (χ2n) is 7.71. The van der Waals surface area contributed by atoms with E-state index in [0.717, 1.165) is 25.7 Å². The van der Waals surface area contributed by atoms with Crippen molar-refractivity contribution in [1.82, 2.24) is 0 Å². The fourth-order valence-electron chi connectivity index (χ4n) is 5.69. The molecule has 2 aromatic carbocycles. The molecular formula is C23H24O. The molecule has 0 bridgehead atoms. The minimum Gasteiger partial charge on any atom is -0.508 e. The molecule has 3 aliphatic carbocycles. The molecule has 0 aromatic heterocycles. The molecule has 0 radical (unpaired) electrons. The van der Waals surface area contributed by atoms with Crippen LogP contribution in [-0.2, 0) is 11.8 Å². The van der Waals surface area contributed by atoms with Crippen LogP contribution >= 0.6 is 0 Å². The Morgan fingerprint density at radius 1 is 1.12 bits per heavy atom. The molecule has 0 saturated carbocycles. The average molecular weight is 316 g/mol. The normalized spacial score (nSPS) is 18.4. The number of phenolic OH excluding ortho intramolecular Hbond substituents is 1. The highest BCUT2D eigenvalue weighted by Gasteiger charge is 2.45. The first-order valence-electron chi connectivity index (χ1n) is 9.34. The van der Waals surface area contributed by atoms with Crippen molar-refractivity contribution in [3.05, 3.63) is 50.9 Å². The Hall–Kier alpha value is -2.02. The van der Waals surface area contributed by atoms with E-state index in [1.165, 1.54) is 50.2 Å². The quantitative estimate of drug-likeness (QED) is 0.885. The van der Waals surface area contributed by atoms with E-state index in [9.17, 15) is 5.11 Å². The van der Waals surface area contributed by atoms with Crippen LogP contribution in [0.15, 0.2) is 18.2 Å². The molecule has 1 N–H and O–H groups in total. The maximum absolute atomic E-state index is 10.9. The molecule has 0 heterocycles. The van der Waals surface area contributed by atoms with Gasteiger partial charge < -0.3 is 5.11 Å². The van der Waals surface area contributed by atoms with E-state index >= 15 is 0 Å². The number of rotatable bonds is 2. The Kier molecular flexibility index (Phi) is 2.71. The summed E-state index contributed by atoms with van der Waals surface area (Å²) < 4.78 is 0. The summed E-state index contributed by atoms with van der Waals surface area (Å²) in [5, 5.41) is 13.8. The van der Waals surface area contributed by atoms with Crippen molar-refractivity contribution in [3.63, 3.8) is 0 Å². The molecule has 122 valence electrons. The summed E-state index contributed by atoms with van der Waals surface area (Å²) in [6, 6.07) is 6.69. The second-order valence-corrected chi connectivity index (χ2v) is 7.71. The lowest BCUT2D eigenvalue weighted by molar-refractivity contribution is 0.426. The van der Waals surface area contributed by atoms with Crippen molar-refractivity contribution in [2.45, 2.75) is 58.3 Å². The van der Waals surface area contributed by atoms with Crippen molar-refractivity contribution in [3.8, 4) is 16.9 Å². The first-order valence-corrected chi connectivity index (χ1v) is 9.34. The van der Waals surface area contributed by atoms with Gasteiger partial charge in [0, 0.05) is 11.0 Å². The standard InChI is InChI=1S/C23H24O/c1-4-23(5-2)17-10-9-14-7-6-8-15-12-16-13(3)11-18(24)22(23)20(16)21(17)19(14)15/h7,9-11,24H,4-6,8,12H2,1-3H3. The molecule has 0 amide bonds. The summed E-state index contributed by atoms with van der Waals surface area (Å²) in [7, 11) is 0. The molecule has 0 atom stereocenters. The van der Waals surface area contributed by atoms with Crippen LogP contribution in [0.5, 0.6) is 5.75 Å². The van der Waals surface area contributed by atoms with E-state index in [4.69, 9.17) is 0 Å². The zero-order chi connectivity index (χ0) is 16.6. The molecule has 2 aromatic rings. The predicted molar refractivity (Wildman–Crippen MR) is 99.7 cm³/mol. The van der Waals surface area contributed by atoms with Crippen molar-refractivity contribution in [2.24, 2.45) is 0 Å². The Labute approximate surface area is 143 Å². The molecule has 0 saturated heterocycles. The van der Waals surface area contributed by atoms with Crippen molar-refractivity contribution < 1.29 is 5.11 Å². The third-order valence-corrected chi connectivity index (χ3v) is 6.88. The Balaban J connectivity index is 2.08. The lowest BCUT2D eigenvalue weighted by Crippen LogP contribution is -2.35. The van der Waals surface area contributed by atoms with Gasteiger partial charge in [0.15, 0.2) is 0 Å². The minimum atomic E-state index is -0.0286. The van der Waals surface area contributed by atoms with E-state index in [0.29, 0.717) is 5.75 Å². The summed E-state index contributed by atoms with van der Waals surface area (Å²) in [5.74, 6) is 0.503. The van der Waals surface area contributed by atoms with Crippen LogP contribution in [-0.4, -0.2) is 5.11 Å². The first kappa shape index (κ1) is 14.3. The molecule has 1 nitrogen and oxygen atoms in total. The molecule has 5 rings (SSSR count). The predicted octanol–water partition coefficient (Wildman–Crippen LogP) is 4.07. The molecule has 0 spiro atoms. The lowest BCUT2D eigenvalue weighted by atomic mass is 9.73. The molecular weight excluding hydrogens is 292 g/mol. The van der Waals surface area contributed by atoms with Gasteiger partial charge in [0.1, 0.15) is 5.75 Å². The second kappa shape index (κ2) is 4.53. The fraction of sp³-hybridized carbons (Fsp3) is 0.391. The van der Waals surface area contributed by atoms with Crippen LogP contribution in [0.3, 0.4) is 0 Å². The van der Waals surface area contributed by atoms with Crippen molar-refractivity contribution >= 4 is 11.6 Å². The van der Waals surface area contributed by atoms with E-state index in [2.05, 4.69) is 39.0 Å². The van der Waals surface area contributed by atoms with Gasteiger partial charge in [-0.1, -0.05) is 37.6 Å². The van der Waals surface area contributed by atoms with Gasteiger partial charge in [0.05, 0.1) is 0 Å². The smallest absolute Gasteiger partial charge is 0.120 e. The van der Waals surface area contributed by atoms with Gasteiger partial charge in [-0.15, -0.1) is 0 Å². The highest BCUT2D eigenvalue weighted by molar-refractivity contribution is 5.91. The van der Waals surface area contributed by atoms with Crippen LogP contribution in [0.2, 0.25) is 0 Å². The third-order valence-electron chi connectivity index (χ3n) is 6.88. The summed E-state index contributed by atoms with van der Waals surface area (Å²) in [4.78, 5) is 0. The highest BCUT2D eigenvalue weighted by Crippen LogP contribution is 2.57. The molecule has 3 aliphatic rings. The number of hydrogen-bond donors (Lipinski definition) is 1. The van der Waals surface area contributed by atoms with Crippen LogP contribution in [0.25, 0.3) is 22.8 Å². The fourth-order valence-corrected chi connectivity index (χ4v) is 5.69. The van der Waals surface area contributed by atoms with Crippen LogP contribution in [0.1, 0.15) is 61.8 Å². The topological polar surface area (TPSA) is 20.2 Å². The first-order chi connectivity index (χ1) is 11.6.